The van der Waals surface area contributed by atoms with Crippen LogP contribution in [-0.2, 0) is 10.2 Å². The topological polar surface area (TPSA) is 76.5 Å². The van der Waals surface area contributed by atoms with Gasteiger partial charge in [-0.1, -0.05) is 58.4 Å². The Morgan fingerprint density at radius 1 is 1.06 bits per heavy atom. The van der Waals surface area contributed by atoms with E-state index in [0.29, 0.717) is 23.7 Å². The molecule has 180 valence electrons. The van der Waals surface area contributed by atoms with Crippen LogP contribution in [0.5, 0.6) is 5.75 Å². The Kier molecular flexibility index (Phi) is 8.10. The molecule has 0 saturated carbocycles. The molecular weight excluding hydrogens is 428 g/mol. The van der Waals surface area contributed by atoms with Crippen molar-refractivity contribution in [3.05, 3.63) is 71.9 Å². The third-order valence-corrected chi connectivity index (χ3v) is 5.47. The minimum Gasteiger partial charge on any atom is -0.497 e. The van der Waals surface area contributed by atoms with Crippen molar-refractivity contribution in [2.75, 3.05) is 25.5 Å². The lowest BCUT2D eigenvalue weighted by atomic mass is 9.92. The van der Waals surface area contributed by atoms with Crippen molar-refractivity contribution >= 4 is 17.6 Å². The second kappa shape index (κ2) is 11.0. The van der Waals surface area contributed by atoms with Gasteiger partial charge in [0.05, 0.1) is 18.5 Å². The standard InChI is InChI=1S/C27H34N4O3/c1-6-7-16-30(26(33)20-12-11-15-22(17-20)34-5)19-25(32)28-24-18-23(27(2,3)4)29-31(24)21-13-9-8-10-14-21/h8-15,17-18H,6-7,16,19H2,1-5H3,(H,28,32). The summed E-state index contributed by atoms with van der Waals surface area (Å²) in [6, 6.07) is 18.6. The van der Waals surface area contributed by atoms with Gasteiger partial charge >= 0.3 is 0 Å². The van der Waals surface area contributed by atoms with Crippen LogP contribution in [0.2, 0.25) is 0 Å². The number of carbonyl (C=O) groups excluding carboxylic acids is 2. The molecule has 0 bridgehead atoms. The molecule has 0 fully saturated rings. The van der Waals surface area contributed by atoms with Crippen molar-refractivity contribution in [2.45, 2.75) is 46.0 Å². The number of nitrogens with one attached hydrogen (secondary N) is 1. The molecule has 0 aliphatic heterocycles. The van der Waals surface area contributed by atoms with Crippen molar-refractivity contribution in [1.82, 2.24) is 14.7 Å². The summed E-state index contributed by atoms with van der Waals surface area (Å²) >= 11 is 0. The first-order chi connectivity index (χ1) is 16.2. The van der Waals surface area contributed by atoms with Crippen molar-refractivity contribution in [3.63, 3.8) is 0 Å². The summed E-state index contributed by atoms with van der Waals surface area (Å²) in [6.45, 7) is 8.73. The van der Waals surface area contributed by atoms with Gasteiger partial charge in [-0.15, -0.1) is 0 Å². The zero-order chi connectivity index (χ0) is 24.7. The minimum atomic E-state index is -0.273. The van der Waals surface area contributed by atoms with Gasteiger partial charge in [-0.2, -0.15) is 5.10 Å². The van der Waals surface area contributed by atoms with Crippen LogP contribution in [0.3, 0.4) is 0 Å². The first kappa shape index (κ1) is 25.0. The number of benzene rings is 2. The summed E-state index contributed by atoms with van der Waals surface area (Å²) in [6.07, 6.45) is 1.72. The largest absolute Gasteiger partial charge is 0.497 e. The maximum absolute atomic E-state index is 13.2. The van der Waals surface area contributed by atoms with Gasteiger partial charge in [0.2, 0.25) is 5.91 Å². The number of rotatable bonds is 9. The number of hydrogen-bond donors (Lipinski definition) is 1. The molecule has 2 amide bonds. The lowest BCUT2D eigenvalue weighted by Crippen LogP contribution is -2.39. The zero-order valence-electron chi connectivity index (χ0n) is 20.7. The highest BCUT2D eigenvalue weighted by Gasteiger charge is 2.23. The number of para-hydroxylation sites is 1. The number of anilines is 1. The lowest BCUT2D eigenvalue weighted by molar-refractivity contribution is -0.116. The van der Waals surface area contributed by atoms with Crippen LogP contribution in [0, 0.1) is 0 Å². The number of unbranched alkanes of at least 4 members (excludes halogenated alkanes) is 1. The fraction of sp³-hybridized carbons (Fsp3) is 0.370. The van der Waals surface area contributed by atoms with Crippen molar-refractivity contribution in [1.29, 1.82) is 0 Å². The van der Waals surface area contributed by atoms with Gasteiger partial charge in [-0.3, -0.25) is 9.59 Å². The highest BCUT2D eigenvalue weighted by Crippen LogP contribution is 2.26. The SMILES string of the molecule is CCCCN(CC(=O)Nc1cc(C(C)(C)C)nn1-c1ccccc1)C(=O)c1cccc(OC)c1. The number of methoxy groups -OCH3 is 1. The smallest absolute Gasteiger partial charge is 0.254 e. The lowest BCUT2D eigenvalue weighted by Gasteiger charge is -2.22. The molecule has 0 atom stereocenters. The van der Waals surface area contributed by atoms with Gasteiger partial charge in [0, 0.05) is 23.6 Å². The highest BCUT2D eigenvalue weighted by atomic mass is 16.5. The molecule has 7 heteroatoms. The van der Waals surface area contributed by atoms with E-state index in [2.05, 4.69) is 33.0 Å². The molecule has 0 aliphatic carbocycles. The maximum Gasteiger partial charge on any atom is 0.254 e. The molecule has 1 heterocycles. The van der Waals surface area contributed by atoms with Crippen LogP contribution in [0.1, 0.15) is 56.6 Å². The molecule has 0 radical (unpaired) electrons. The summed E-state index contributed by atoms with van der Waals surface area (Å²) in [7, 11) is 1.56. The summed E-state index contributed by atoms with van der Waals surface area (Å²) in [4.78, 5) is 27.9. The molecule has 3 rings (SSSR count). The second-order valence-corrected chi connectivity index (χ2v) is 9.27. The van der Waals surface area contributed by atoms with Gasteiger partial charge in [0.1, 0.15) is 18.1 Å². The minimum absolute atomic E-state index is 0.0547. The number of ether oxygens (including phenoxy) is 1. The van der Waals surface area contributed by atoms with Crippen molar-refractivity contribution in [2.24, 2.45) is 0 Å². The number of amides is 2. The average molecular weight is 463 g/mol. The fourth-order valence-electron chi connectivity index (χ4n) is 3.50. The summed E-state index contributed by atoms with van der Waals surface area (Å²) in [5, 5.41) is 7.72. The highest BCUT2D eigenvalue weighted by molar-refractivity contribution is 5.99. The molecule has 0 unspecified atom stereocenters. The molecule has 34 heavy (non-hydrogen) atoms. The van der Waals surface area contributed by atoms with E-state index in [-0.39, 0.29) is 23.8 Å². The Bertz CT molecular complexity index is 1120. The van der Waals surface area contributed by atoms with Gasteiger partial charge < -0.3 is 15.0 Å². The first-order valence-electron chi connectivity index (χ1n) is 11.6. The van der Waals surface area contributed by atoms with Gasteiger partial charge in [0.15, 0.2) is 0 Å². The van der Waals surface area contributed by atoms with E-state index < -0.39 is 0 Å². The van der Waals surface area contributed by atoms with Gasteiger partial charge in [-0.05, 0) is 36.8 Å². The van der Waals surface area contributed by atoms with Gasteiger partial charge in [0.25, 0.3) is 5.91 Å². The first-order valence-corrected chi connectivity index (χ1v) is 11.6. The van der Waals surface area contributed by atoms with Crippen molar-refractivity contribution in [3.8, 4) is 11.4 Å². The van der Waals surface area contributed by atoms with Crippen LogP contribution in [0.15, 0.2) is 60.7 Å². The van der Waals surface area contributed by atoms with E-state index in [0.717, 1.165) is 24.2 Å². The van der Waals surface area contributed by atoms with Crippen LogP contribution in [0.25, 0.3) is 5.69 Å². The molecule has 2 aromatic carbocycles. The number of carbonyl (C=O) groups is 2. The average Bonchev–Trinajstić information content (AvgIpc) is 3.26. The molecule has 0 saturated heterocycles. The Morgan fingerprint density at radius 2 is 1.79 bits per heavy atom. The third kappa shape index (κ3) is 6.25. The molecule has 7 nitrogen and oxygen atoms in total. The van der Waals surface area contributed by atoms with E-state index in [4.69, 9.17) is 9.84 Å². The maximum atomic E-state index is 13.2. The number of aromatic nitrogens is 2. The van der Waals surface area contributed by atoms with E-state index >= 15 is 0 Å². The fourth-order valence-corrected chi connectivity index (χ4v) is 3.50. The Hall–Kier alpha value is -3.61. The molecule has 3 aromatic rings. The van der Waals surface area contributed by atoms with E-state index in [9.17, 15) is 9.59 Å². The summed E-state index contributed by atoms with van der Waals surface area (Å²) in [5.74, 6) is 0.706. The summed E-state index contributed by atoms with van der Waals surface area (Å²) in [5.41, 5.74) is 2.02. The predicted octanol–water partition coefficient (Wildman–Crippen LogP) is 5.06. The number of nitrogens with zero attached hydrogens (tertiary/aromatic N) is 3. The van der Waals surface area contributed by atoms with Crippen LogP contribution in [0.4, 0.5) is 5.82 Å². The Labute approximate surface area is 201 Å². The van der Waals surface area contributed by atoms with Crippen LogP contribution in [-0.4, -0.2) is 46.7 Å². The third-order valence-electron chi connectivity index (χ3n) is 5.47. The van der Waals surface area contributed by atoms with Crippen LogP contribution < -0.4 is 10.1 Å². The van der Waals surface area contributed by atoms with E-state index in [1.165, 1.54) is 0 Å². The zero-order valence-corrected chi connectivity index (χ0v) is 20.7. The molecule has 1 N–H and O–H groups in total. The molecular formula is C27H34N4O3. The monoisotopic (exact) mass is 462 g/mol. The van der Waals surface area contributed by atoms with Gasteiger partial charge in [-0.25, -0.2) is 4.68 Å². The predicted molar refractivity (Wildman–Crippen MR) is 135 cm³/mol. The normalized spacial score (nSPS) is 11.2. The van der Waals surface area contributed by atoms with E-state index in [1.54, 1.807) is 41.0 Å². The Balaban J connectivity index is 1.84. The van der Waals surface area contributed by atoms with E-state index in [1.807, 2.05) is 36.4 Å². The Morgan fingerprint density at radius 3 is 2.44 bits per heavy atom. The summed E-state index contributed by atoms with van der Waals surface area (Å²) < 4.78 is 6.99. The molecule has 0 spiro atoms. The van der Waals surface area contributed by atoms with Crippen molar-refractivity contribution < 1.29 is 14.3 Å². The number of hydrogen-bond acceptors (Lipinski definition) is 4. The molecule has 0 aliphatic rings. The molecule has 1 aromatic heterocycles. The van der Waals surface area contributed by atoms with Crippen LogP contribution >= 0.6 is 0 Å². The second-order valence-electron chi connectivity index (χ2n) is 9.27. The quantitative estimate of drug-likeness (QED) is 0.482.